The first kappa shape index (κ1) is 14.3. The Morgan fingerprint density at radius 1 is 1.22 bits per heavy atom. The predicted octanol–water partition coefficient (Wildman–Crippen LogP) is 2.77. The highest BCUT2D eigenvalue weighted by atomic mass is 32.2. The summed E-state index contributed by atoms with van der Waals surface area (Å²) in [6.07, 6.45) is 1.95. The van der Waals surface area contributed by atoms with E-state index in [9.17, 15) is 9.59 Å². The van der Waals surface area contributed by atoms with Crippen LogP contribution in [0.4, 0.5) is 5.69 Å². The van der Waals surface area contributed by atoms with E-state index in [0.29, 0.717) is 5.69 Å². The van der Waals surface area contributed by atoms with Crippen LogP contribution in [0, 0.1) is 0 Å². The van der Waals surface area contributed by atoms with Crippen molar-refractivity contribution in [3.63, 3.8) is 0 Å². The Kier molecular flexibility index (Phi) is 4.97. The minimum atomic E-state index is -1.08. The third-order valence-corrected chi connectivity index (χ3v) is 3.28. The highest BCUT2D eigenvalue weighted by Gasteiger charge is 2.12. The van der Waals surface area contributed by atoms with Gasteiger partial charge >= 0.3 is 5.97 Å². The number of hydrogen-bond donors (Lipinski definition) is 2. The van der Waals surface area contributed by atoms with E-state index >= 15 is 0 Å². The molecule has 0 aliphatic rings. The normalized spacial score (nSPS) is 11.7. The van der Waals surface area contributed by atoms with E-state index < -0.39 is 11.9 Å². The Hall–Kier alpha value is -1.75. The second-order valence-corrected chi connectivity index (χ2v) is 4.62. The van der Waals surface area contributed by atoms with Crippen LogP contribution in [-0.2, 0) is 9.59 Å². The molecule has 1 aromatic rings. The van der Waals surface area contributed by atoms with Gasteiger partial charge in [0.1, 0.15) is 0 Å². The van der Waals surface area contributed by atoms with E-state index in [4.69, 9.17) is 5.11 Å². The first-order chi connectivity index (χ1) is 8.45. The summed E-state index contributed by atoms with van der Waals surface area (Å²) in [5.74, 6) is -1.48. The number of carboxylic acid groups (broad SMARTS) is 1. The van der Waals surface area contributed by atoms with Crippen molar-refractivity contribution in [2.24, 2.45) is 0 Å². The van der Waals surface area contributed by atoms with Gasteiger partial charge in [-0.25, -0.2) is 4.79 Å². The lowest BCUT2D eigenvalue weighted by molar-refractivity contribution is -0.133. The van der Waals surface area contributed by atoms with Gasteiger partial charge in [-0.3, -0.25) is 4.79 Å². The SMILES string of the molecule is CSc1cccc(NC(=O)/C(C)=C(/C)C(=O)O)c1. The number of aliphatic carboxylic acids is 1. The fraction of sp³-hybridized carbons (Fsp3) is 0.231. The lowest BCUT2D eigenvalue weighted by Gasteiger charge is -2.08. The summed E-state index contributed by atoms with van der Waals surface area (Å²) in [6.45, 7) is 2.91. The first-order valence-corrected chi connectivity index (χ1v) is 6.54. The molecule has 0 atom stereocenters. The minimum Gasteiger partial charge on any atom is -0.478 e. The standard InChI is InChI=1S/C13H15NO3S/c1-8(9(2)13(16)17)12(15)14-10-5-4-6-11(7-10)18-3/h4-7H,1-3H3,(H,14,15)(H,16,17)/b9-8-. The van der Waals surface area contributed by atoms with Crippen LogP contribution in [0.2, 0.25) is 0 Å². The largest absolute Gasteiger partial charge is 0.478 e. The molecule has 18 heavy (non-hydrogen) atoms. The van der Waals surface area contributed by atoms with E-state index in [-0.39, 0.29) is 11.1 Å². The van der Waals surface area contributed by atoms with E-state index in [1.165, 1.54) is 13.8 Å². The Morgan fingerprint density at radius 3 is 2.44 bits per heavy atom. The number of benzene rings is 1. The van der Waals surface area contributed by atoms with Gasteiger partial charge in [0.2, 0.25) is 0 Å². The van der Waals surface area contributed by atoms with Crippen molar-refractivity contribution < 1.29 is 14.7 Å². The van der Waals surface area contributed by atoms with Gasteiger partial charge in [-0.2, -0.15) is 0 Å². The van der Waals surface area contributed by atoms with Gasteiger partial charge in [0.15, 0.2) is 0 Å². The molecule has 0 aliphatic heterocycles. The molecular formula is C13H15NO3S. The van der Waals surface area contributed by atoms with Crippen LogP contribution in [0.1, 0.15) is 13.8 Å². The van der Waals surface area contributed by atoms with Crippen molar-refractivity contribution in [2.45, 2.75) is 18.7 Å². The van der Waals surface area contributed by atoms with Crippen molar-refractivity contribution in [1.29, 1.82) is 0 Å². The number of carboxylic acids is 1. The molecule has 0 heterocycles. The topological polar surface area (TPSA) is 66.4 Å². The molecule has 96 valence electrons. The van der Waals surface area contributed by atoms with Crippen LogP contribution in [0.5, 0.6) is 0 Å². The number of carbonyl (C=O) groups excluding carboxylic acids is 1. The second-order valence-electron chi connectivity index (χ2n) is 3.74. The summed E-state index contributed by atoms with van der Waals surface area (Å²) in [5, 5.41) is 11.5. The van der Waals surface area contributed by atoms with Crippen LogP contribution in [-0.4, -0.2) is 23.2 Å². The third-order valence-electron chi connectivity index (χ3n) is 2.55. The predicted molar refractivity (Wildman–Crippen MR) is 72.9 cm³/mol. The van der Waals surface area contributed by atoms with Crippen LogP contribution in [0.25, 0.3) is 0 Å². The smallest absolute Gasteiger partial charge is 0.331 e. The van der Waals surface area contributed by atoms with E-state index in [2.05, 4.69) is 5.32 Å². The second kappa shape index (κ2) is 6.26. The van der Waals surface area contributed by atoms with Crippen LogP contribution < -0.4 is 5.32 Å². The molecule has 0 fully saturated rings. The van der Waals surface area contributed by atoms with E-state index in [1.807, 2.05) is 24.5 Å². The van der Waals surface area contributed by atoms with E-state index in [1.54, 1.807) is 17.8 Å². The van der Waals surface area contributed by atoms with Gasteiger partial charge in [-0.15, -0.1) is 11.8 Å². The molecule has 0 saturated carbocycles. The van der Waals surface area contributed by atoms with Crippen LogP contribution in [0.3, 0.4) is 0 Å². The monoisotopic (exact) mass is 265 g/mol. The Morgan fingerprint density at radius 2 is 1.89 bits per heavy atom. The molecule has 0 bridgehead atoms. The first-order valence-electron chi connectivity index (χ1n) is 5.32. The molecule has 0 saturated heterocycles. The summed E-state index contributed by atoms with van der Waals surface area (Å²) in [5.41, 5.74) is 0.912. The molecule has 4 nitrogen and oxygen atoms in total. The Balaban J connectivity index is 2.88. The zero-order valence-electron chi connectivity index (χ0n) is 10.5. The molecule has 0 aromatic heterocycles. The van der Waals surface area contributed by atoms with Gasteiger partial charge in [-0.1, -0.05) is 6.07 Å². The van der Waals surface area contributed by atoms with Gasteiger partial charge in [0.05, 0.1) is 0 Å². The van der Waals surface area contributed by atoms with Gasteiger partial charge in [0.25, 0.3) is 5.91 Å². The summed E-state index contributed by atoms with van der Waals surface area (Å²) < 4.78 is 0. The van der Waals surface area contributed by atoms with Gasteiger partial charge in [0, 0.05) is 21.7 Å². The quantitative estimate of drug-likeness (QED) is 0.649. The molecule has 0 spiro atoms. The summed E-state index contributed by atoms with van der Waals surface area (Å²) in [4.78, 5) is 23.6. The number of carbonyl (C=O) groups is 2. The highest BCUT2D eigenvalue weighted by Crippen LogP contribution is 2.19. The highest BCUT2D eigenvalue weighted by molar-refractivity contribution is 7.98. The van der Waals surface area contributed by atoms with Crippen molar-refractivity contribution in [3.8, 4) is 0 Å². The van der Waals surface area contributed by atoms with Gasteiger partial charge in [-0.05, 0) is 38.3 Å². The van der Waals surface area contributed by atoms with Crippen molar-refractivity contribution in [1.82, 2.24) is 0 Å². The number of thioether (sulfide) groups is 1. The molecule has 0 radical (unpaired) electrons. The molecule has 1 amide bonds. The molecule has 5 heteroatoms. The fourth-order valence-corrected chi connectivity index (χ4v) is 1.72. The Labute approximate surface area is 110 Å². The maximum Gasteiger partial charge on any atom is 0.331 e. The summed E-state index contributed by atoms with van der Waals surface area (Å²) in [7, 11) is 0. The lowest BCUT2D eigenvalue weighted by atomic mass is 10.1. The maximum absolute atomic E-state index is 11.8. The number of anilines is 1. The van der Waals surface area contributed by atoms with Gasteiger partial charge < -0.3 is 10.4 Å². The molecule has 1 rings (SSSR count). The molecule has 0 aliphatic carbocycles. The minimum absolute atomic E-state index is 0.0496. The number of rotatable bonds is 4. The molecule has 1 aromatic carbocycles. The average molecular weight is 265 g/mol. The number of hydrogen-bond acceptors (Lipinski definition) is 3. The molecule has 2 N–H and O–H groups in total. The zero-order valence-corrected chi connectivity index (χ0v) is 11.3. The zero-order chi connectivity index (χ0) is 13.7. The number of amides is 1. The lowest BCUT2D eigenvalue weighted by Crippen LogP contribution is -2.16. The Bertz CT molecular complexity index is 509. The van der Waals surface area contributed by atoms with Crippen molar-refractivity contribution in [3.05, 3.63) is 35.4 Å². The fourth-order valence-electron chi connectivity index (χ4n) is 1.26. The number of nitrogens with one attached hydrogen (secondary N) is 1. The molecular weight excluding hydrogens is 250 g/mol. The van der Waals surface area contributed by atoms with Crippen molar-refractivity contribution >= 4 is 29.3 Å². The summed E-state index contributed by atoms with van der Waals surface area (Å²) in [6, 6.07) is 7.38. The van der Waals surface area contributed by atoms with E-state index in [0.717, 1.165) is 4.90 Å². The third kappa shape index (κ3) is 3.63. The maximum atomic E-state index is 11.8. The van der Waals surface area contributed by atoms with Crippen molar-refractivity contribution in [2.75, 3.05) is 11.6 Å². The summed E-state index contributed by atoms with van der Waals surface area (Å²) >= 11 is 1.57. The molecule has 0 unspecified atom stereocenters. The van der Waals surface area contributed by atoms with Crippen LogP contribution in [0.15, 0.2) is 40.3 Å². The van der Waals surface area contributed by atoms with Crippen LogP contribution >= 0.6 is 11.8 Å². The average Bonchev–Trinajstić information content (AvgIpc) is 2.36.